The summed E-state index contributed by atoms with van der Waals surface area (Å²) in [6.45, 7) is 0. The Hall–Kier alpha value is -0.340. The average molecular weight is 229 g/mol. The molecule has 1 aromatic heterocycles. The number of ketones is 1. The summed E-state index contributed by atoms with van der Waals surface area (Å²) in [5.41, 5.74) is 0. The van der Waals surface area contributed by atoms with Crippen LogP contribution >= 0.6 is 22.9 Å². The van der Waals surface area contributed by atoms with Gasteiger partial charge in [-0.05, 0) is 25.0 Å². The normalized spacial score (nSPS) is 17.5. The number of hydrogen-bond acceptors (Lipinski definition) is 2. The maximum Gasteiger partial charge on any atom is 0.141 e. The lowest BCUT2D eigenvalue weighted by atomic mass is 10.00. The van der Waals surface area contributed by atoms with Gasteiger partial charge in [0.05, 0.1) is 4.34 Å². The molecule has 0 amide bonds. The van der Waals surface area contributed by atoms with Crippen molar-refractivity contribution in [3.63, 3.8) is 0 Å². The van der Waals surface area contributed by atoms with E-state index in [9.17, 15) is 4.79 Å². The van der Waals surface area contributed by atoms with Gasteiger partial charge < -0.3 is 0 Å². The molecule has 0 spiro atoms. The summed E-state index contributed by atoms with van der Waals surface area (Å²) >= 11 is 7.33. The van der Waals surface area contributed by atoms with E-state index in [-0.39, 0.29) is 0 Å². The van der Waals surface area contributed by atoms with Crippen molar-refractivity contribution in [2.75, 3.05) is 0 Å². The standard InChI is InChI=1S/C11H13ClOS/c12-11-6-5-9(14-11)7-10(13)8-3-1-2-4-8/h5-6,8H,1-4,7H2. The van der Waals surface area contributed by atoms with Crippen LogP contribution in [-0.4, -0.2) is 5.78 Å². The summed E-state index contributed by atoms with van der Waals surface area (Å²) in [4.78, 5) is 12.9. The van der Waals surface area contributed by atoms with Crippen molar-refractivity contribution in [2.24, 2.45) is 5.92 Å². The first-order chi connectivity index (χ1) is 6.75. The second kappa shape index (κ2) is 4.45. The highest BCUT2D eigenvalue weighted by Crippen LogP contribution is 2.28. The number of thiophene rings is 1. The molecular weight excluding hydrogens is 216 g/mol. The number of Topliss-reactive ketones (excluding diaryl/α,β-unsaturated/α-hetero) is 1. The first-order valence-corrected chi connectivity index (χ1v) is 6.22. The van der Waals surface area contributed by atoms with Gasteiger partial charge in [0.15, 0.2) is 0 Å². The van der Waals surface area contributed by atoms with Gasteiger partial charge in [0.25, 0.3) is 0 Å². The van der Waals surface area contributed by atoms with Gasteiger partial charge in [-0.25, -0.2) is 0 Å². The van der Waals surface area contributed by atoms with E-state index in [0.717, 1.165) is 22.1 Å². The molecule has 76 valence electrons. The molecule has 1 aliphatic rings. The highest BCUT2D eigenvalue weighted by molar-refractivity contribution is 7.16. The lowest BCUT2D eigenvalue weighted by Gasteiger charge is -2.05. The smallest absolute Gasteiger partial charge is 0.141 e. The molecule has 0 atom stereocenters. The number of halogens is 1. The fourth-order valence-corrected chi connectivity index (χ4v) is 3.11. The lowest BCUT2D eigenvalue weighted by molar-refractivity contribution is -0.121. The van der Waals surface area contributed by atoms with Crippen molar-refractivity contribution in [1.29, 1.82) is 0 Å². The predicted octanol–water partition coefficient (Wildman–Crippen LogP) is 3.70. The molecule has 0 aliphatic heterocycles. The summed E-state index contributed by atoms with van der Waals surface area (Å²) < 4.78 is 0.777. The van der Waals surface area contributed by atoms with Crippen LogP contribution in [0, 0.1) is 5.92 Å². The van der Waals surface area contributed by atoms with Crippen molar-refractivity contribution < 1.29 is 4.79 Å². The van der Waals surface area contributed by atoms with E-state index in [1.807, 2.05) is 12.1 Å². The summed E-state index contributed by atoms with van der Waals surface area (Å²) in [7, 11) is 0. The minimum Gasteiger partial charge on any atom is -0.299 e. The van der Waals surface area contributed by atoms with Gasteiger partial charge in [0.2, 0.25) is 0 Å². The first kappa shape index (κ1) is 10.2. The largest absolute Gasteiger partial charge is 0.299 e. The van der Waals surface area contributed by atoms with Crippen LogP contribution in [0.4, 0.5) is 0 Å². The number of rotatable bonds is 3. The van der Waals surface area contributed by atoms with Crippen LogP contribution in [0.1, 0.15) is 30.6 Å². The quantitative estimate of drug-likeness (QED) is 0.771. The monoisotopic (exact) mass is 228 g/mol. The van der Waals surface area contributed by atoms with E-state index in [4.69, 9.17) is 11.6 Å². The summed E-state index contributed by atoms with van der Waals surface area (Å²) in [5, 5.41) is 0. The minimum absolute atomic E-state index is 0.330. The van der Waals surface area contributed by atoms with Crippen LogP contribution in [0.3, 0.4) is 0 Å². The van der Waals surface area contributed by atoms with Crippen LogP contribution in [0.2, 0.25) is 4.34 Å². The second-order valence-corrected chi connectivity index (χ2v) is 5.63. The van der Waals surface area contributed by atoms with E-state index < -0.39 is 0 Å². The van der Waals surface area contributed by atoms with Gasteiger partial charge in [-0.2, -0.15) is 0 Å². The Morgan fingerprint density at radius 2 is 2.14 bits per heavy atom. The van der Waals surface area contributed by atoms with Crippen molar-refractivity contribution in [3.8, 4) is 0 Å². The average Bonchev–Trinajstić information content (AvgIpc) is 2.75. The van der Waals surface area contributed by atoms with E-state index in [0.29, 0.717) is 18.1 Å². The molecule has 14 heavy (non-hydrogen) atoms. The maximum atomic E-state index is 11.8. The van der Waals surface area contributed by atoms with Crippen LogP contribution < -0.4 is 0 Å². The van der Waals surface area contributed by atoms with Crippen molar-refractivity contribution in [3.05, 3.63) is 21.3 Å². The fourth-order valence-electron chi connectivity index (χ4n) is 2.01. The zero-order chi connectivity index (χ0) is 9.97. The van der Waals surface area contributed by atoms with Crippen molar-refractivity contribution in [1.82, 2.24) is 0 Å². The third-order valence-electron chi connectivity index (χ3n) is 2.79. The predicted molar refractivity (Wildman–Crippen MR) is 60.0 cm³/mol. The molecule has 0 aromatic carbocycles. The Balaban J connectivity index is 1.93. The molecule has 0 unspecified atom stereocenters. The van der Waals surface area contributed by atoms with Gasteiger partial charge >= 0.3 is 0 Å². The molecule has 0 saturated heterocycles. The van der Waals surface area contributed by atoms with E-state index in [2.05, 4.69) is 0 Å². The van der Waals surface area contributed by atoms with Gasteiger partial charge in [0.1, 0.15) is 5.78 Å². The third-order valence-corrected chi connectivity index (χ3v) is 4.02. The molecule has 1 saturated carbocycles. The molecule has 3 heteroatoms. The molecule has 2 rings (SSSR count). The van der Waals surface area contributed by atoms with Gasteiger partial charge in [-0.3, -0.25) is 4.79 Å². The van der Waals surface area contributed by atoms with Gasteiger partial charge in [0, 0.05) is 17.2 Å². The second-order valence-electron chi connectivity index (χ2n) is 3.83. The SMILES string of the molecule is O=C(Cc1ccc(Cl)s1)C1CCCC1. The molecular formula is C11H13ClOS. The van der Waals surface area contributed by atoms with E-state index in [1.165, 1.54) is 24.2 Å². The molecule has 1 aromatic rings. The maximum absolute atomic E-state index is 11.8. The number of carbonyl (C=O) groups is 1. The number of carbonyl (C=O) groups excluding carboxylic acids is 1. The van der Waals surface area contributed by atoms with Crippen LogP contribution in [0.25, 0.3) is 0 Å². The number of hydrogen-bond donors (Lipinski definition) is 0. The Morgan fingerprint density at radius 3 is 2.71 bits per heavy atom. The molecule has 1 nitrogen and oxygen atoms in total. The Bertz CT molecular complexity index is 326. The summed E-state index contributed by atoms with van der Waals surface area (Å²) in [6.07, 6.45) is 5.22. The molecule has 0 N–H and O–H groups in total. The van der Waals surface area contributed by atoms with E-state index in [1.54, 1.807) is 0 Å². The molecule has 1 fully saturated rings. The first-order valence-electron chi connectivity index (χ1n) is 5.02. The lowest BCUT2D eigenvalue weighted by Crippen LogP contribution is -2.12. The Kier molecular flexibility index (Phi) is 3.24. The fraction of sp³-hybridized carbons (Fsp3) is 0.545. The zero-order valence-electron chi connectivity index (χ0n) is 7.96. The highest BCUT2D eigenvalue weighted by atomic mass is 35.5. The summed E-state index contributed by atoms with van der Waals surface area (Å²) in [6, 6.07) is 3.82. The highest BCUT2D eigenvalue weighted by Gasteiger charge is 2.22. The third kappa shape index (κ3) is 2.37. The molecule has 1 aliphatic carbocycles. The van der Waals surface area contributed by atoms with Gasteiger partial charge in [-0.1, -0.05) is 24.4 Å². The summed E-state index contributed by atoms with van der Waals surface area (Å²) in [5.74, 6) is 0.733. The van der Waals surface area contributed by atoms with Crippen molar-refractivity contribution >= 4 is 28.7 Å². The Labute approximate surface area is 93.1 Å². The zero-order valence-corrected chi connectivity index (χ0v) is 9.53. The van der Waals surface area contributed by atoms with Crippen LogP contribution in [-0.2, 0) is 11.2 Å². The van der Waals surface area contributed by atoms with E-state index >= 15 is 0 Å². The van der Waals surface area contributed by atoms with Crippen LogP contribution in [0.15, 0.2) is 12.1 Å². The molecule has 0 radical (unpaired) electrons. The topological polar surface area (TPSA) is 17.1 Å². The van der Waals surface area contributed by atoms with Gasteiger partial charge in [-0.15, -0.1) is 11.3 Å². The minimum atomic E-state index is 0.330. The Morgan fingerprint density at radius 1 is 1.43 bits per heavy atom. The molecule has 1 heterocycles. The van der Waals surface area contributed by atoms with Crippen LogP contribution in [0.5, 0.6) is 0 Å². The van der Waals surface area contributed by atoms with Crippen molar-refractivity contribution in [2.45, 2.75) is 32.1 Å². The molecule has 0 bridgehead atoms.